The fourth-order valence-corrected chi connectivity index (χ4v) is 2.35. The van der Waals surface area contributed by atoms with Crippen LogP contribution in [0.5, 0.6) is 5.75 Å². The molecule has 1 N–H and O–H groups in total. The Labute approximate surface area is 115 Å². The van der Waals surface area contributed by atoms with E-state index in [0.29, 0.717) is 0 Å². The lowest BCUT2D eigenvalue weighted by Gasteiger charge is -2.24. The number of hydrogen-bond donors (Lipinski definition) is 1. The van der Waals surface area contributed by atoms with Gasteiger partial charge in [-0.1, -0.05) is 38.0 Å². The van der Waals surface area contributed by atoms with Crippen molar-refractivity contribution in [3.63, 3.8) is 0 Å². The zero-order valence-electron chi connectivity index (χ0n) is 11.9. The molecule has 0 aliphatic carbocycles. The minimum absolute atomic E-state index is 0.746. The molecule has 2 aromatic carbocycles. The number of rotatable bonds is 5. The summed E-state index contributed by atoms with van der Waals surface area (Å²) in [6.07, 6.45) is 2.93. The Morgan fingerprint density at radius 2 is 1.79 bits per heavy atom. The monoisotopic (exact) mass is 258 g/mol. The molecular formula is C17H22O2. The predicted octanol–water partition coefficient (Wildman–Crippen LogP) is 4.25. The molecule has 0 aliphatic rings. The van der Waals surface area contributed by atoms with Crippen molar-refractivity contribution in [1.29, 1.82) is 0 Å². The molecule has 0 saturated heterocycles. The van der Waals surface area contributed by atoms with Gasteiger partial charge in [-0.2, -0.15) is 0 Å². The molecular weight excluding hydrogens is 236 g/mol. The van der Waals surface area contributed by atoms with Crippen molar-refractivity contribution in [2.24, 2.45) is 0 Å². The molecule has 0 saturated carbocycles. The van der Waals surface area contributed by atoms with Crippen molar-refractivity contribution in [3.05, 3.63) is 42.0 Å². The van der Waals surface area contributed by atoms with Gasteiger partial charge in [0.05, 0.1) is 12.7 Å². The highest BCUT2D eigenvalue weighted by atomic mass is 16.5. The third-order valence-electron chi connectivity index (χ3n) is 3.69. The van der Waals surface area contributed by atoms with Gasteiger partial charge in [0.1, 0.15) is 5.75 Å². The maximum absolute atomic E-state index is 10.6. The first-order valence-electron chi connectivity index (χ1n) is 6.87. The molecule has 0 spiro atoms. The first-order chi connectivity index (χ1) is 9.06. The summed E-state index contributed by atoms with van der Waals surface area (Å²) in [7, 11) is 1.67. The summed E-state index contributed by atoms with van der Waals surface area (Å²) in [5.41, 5.74) is 0.239. The molecule has 1 unspecified atom stereocenters. The number of fused-ring (bicyclic) bond motifs is 1. The van der Waals surface area contributed by atoms with E-state index in [1.165, 1.54) is 0 Å². The van der Waals surface area contributed by atoms with E-state index in [0.717, 1.165) is 41.3 Å². The minimum atomic E-state index is -0.746. The first kappa shape index (κ1) is 13.9. The summed E-state index contributed by atoms with van der Waals surface area (Å²) >= 11 is 0. The highest BCUT2D eigenvalue weighted by Gasteiger charge is 2.22. The Kier molecular flexibility index (Phi) is 4.11. The normalized spacial score (nSPS) is 14.3. The maximum atomic E-state index is 10.6. The molecule has 0 fully saturated rings. The molecule has 0 radical (unpaired) electrons. The fraction of sp³-hybridized carbons (Fsp3) is 0.412. The minimum Gasteiger partial charge on any atom is -0.497 e. The van der Waals surface area contributed by atoms with Gasteiger partial charge in [0.15, 0.2) is 0 Å². The van der Waals surface area contributed by atoms with Gasteiger partial charge in [-0.3, -0.25) is 0 Å². The lowest BCUT2D eigenvalue weighted by molar-refractivity contribution is 0.0455. The summed E-state index contributed by atoms with van der Waals surface area (Å²) in [5, 5.41) is 12.8. The third kappa shape index (κ3) is 3.07. The van der Waals surface area contributed by atoms with Crippen LogP contribution in [0.25, 0.3) is 10.8 Å². The third-order valence-corrected chi connectivity index (χ3v) is 3.69. The van der Waals surface area contributed by atoms with E-state index in [2.05, 4.69) is 13.0 Å². The second-order valence-electron chi connectivity index (χ2n) is 5.31. The van der Waals surface area contributed by atoms with Crippen molar-refractivity contribution in [2.75, 3.05) is 7.11 Å². The molecule has 2 rings (SSSR count). The van der Waals surface area contributed by atoms with E-state index in [1.54, 1.807) is 7.11 Å². The van der Waals surface area contributed by atoms with Crippen LogP contribution in [-0.4, -0.2) is 12.2 Å². The molecule has 0 bridgehead atoms. The van der Waals surface area contributed by atoms with E-state index in [9.17, 15) is 5.11 Å². The number of methoxy groups -OCH3 is 1. The SMILES string of the molecule is CCCCC(C)(O)c1ccc2cc(OC)ccc2c1. The number of unbranched alkanes of at least 4 members (excludes halogenated alkanes) is 1. The predicted molar refractivity (Wildman–Crippen MR) is 79.6 cm³/mol. The van der Waals surface area contributed by atoms with Crippen LogP contribution in [0.3, 0.4) is 0 Å². The largest absolute Gasteiger partial charge is 0.497 e. The Hall–Kier alpha value is -1.54. The first-order valence-corrected chi connectivity index (χ1v) is 6.87. The van der Waals surface area contributed by atoms with Crippen LogP contribution in [0.1, 0.15) is 38.7 Å². The highest BCUT2D eigenvalue weighted by molar-refractivity contribution is 5.84. The second kappa shape index (κ2) is 5.62. The van der Waals surface area contributed by atoms with Crippen molar-refractivity contribution < 1.29 is 9.84 Å². The molecule has 2 heteroatoms. The van der Waals surface area contributed by atoms with Crippen molar-refractivity contribution in [1.82, 2.24) is 0 Å². The molecule has 0 heterocycles. The van der Waals surface area contributed by atoms with Crippen LogP contribution >= 0.6 is 0 Å². The van der Waals surface area contributed by atoms with Gasteiger partial charge in [-0.05, 0) is 47.9 Å². The maximum Gasteiger partial charge on any atom is 0.119 e. The van der Waals surface area contributed by atoms with Gasteiger partial charge < -0.3 is 9.84 Å². The fourth-order valence-electron chi connectivity index (χ4n) is 2.35. The Morgan fingerprint density at radius 3 is 2.47 bits per heavy atom. The van der Waals surface area contributed by atoms with Crippen molar-refractivity contribution >= 4 is 10.8 Å². The van der Waals surface area contributed by atoms with E-state index in [-0.39, 0.29) is 0 Å². The smallest absolute Gasteiger partial charge is 0.119 e. The molecule has 0 aromatic heterocycles. The Balaban J connectivity index is 2.36. The molecule has 102 valence electrons. The molecule has 0 aliphatic heterocycles. The van der Waals surface area contributed by atoms with E-state index in [4.69, 9.17) is 4.74 Å². The van der Waals surface area contributed by atoms with Crippen molar-refractivity contribution in [2.45, 2.75) is 38.7 Å². The average molecular weight is 258 g/mol. The van der Waals surface area contributed by atoms with Gasteiger partial charge in [0.2, 0.25) is 0 Å². The van der Waals surface area contributed by atoms with Crippen molar-refractivity contribution in [3.8, 4) is 5.75 Å². The average Bonchev–Trinajstić information content (AvgIpc) is 2.44. The Bertz CT molecular complexity index is 558. The van der Waals surface area contributed by atoms with Gasteiger partial charge >= 0.3 is 0 Å². The van der Waals surface area contributed by atoms with E-state index in [1.807, 2.05) is 37.3 Å². The van der Waals surface area contributed by atoms with Crippen LogP contribution in [0.15, 0.2) is 36.4 Å². The van der Waals surface area contributed by atoms with E-state index >= 15 is 0 Å². The molecule has 2 nitrogen and oxygen atoms in total. The lowest BCUT2D eigenvalue weighted by Crippen LogP contribution is -2.20. The molecule has 1 atom stereocenters. The number of benzene rings is 2. The zero-order valence-corrected chi connectivity index (χ0v) is 11.9. The van der Waals surface area contributed by atoms with Gasteiger partial charge in [0, 0.05) is 0 Å². The van der Waals surface area contributed by atoms with Gasteiger partial charge in [-0.25, -0.2) is 0 Å². The van der Waals surface area contributed by atoms with Crippen LogP contribution in [-0.2, 0) is 5.60 Å². The summed E-state index contributed by atoms with van der Waals surface area (Å²) in [6.45, 7) is 4.04. The summed E-state index contributed by atoms with van der Waals surface area (Å²) in [6, 6.07) is 12.1. The number of aliphatic hydroxyl groups is 1. The lowest BCUT2D eigenvalue weighted by atomic mass is 9.89. The topological polar surface area (TPSA) is 29.5 Å². The Morgan fingerprint density at radius 1 is 1.11 bits per heavy atom. The molecule has 19 heavy (non-hydrogen) atoms. The van der Waals surface area contributed by atoms with Crippen LogP contribution < -0.4 is 4.74 Å². The second-order valence-corrected chi connectivity index (χ2v) is 5.31. The highest BCUT2D eigenvalue weighted by Crippen LogP contribution is 2.30. The van der Waals surface area contributed by atoms with Crippen LogP contribution in [0.2, 0.25) is 0 Å². The summed E-state index contributed by atoms with van der Waals surface area (Å²) in [4.78, 5) is 0. The summed E-state index contributed by atoms with van der Waals surface area (Å²) < 4.78 is 5.22. The van der Waals surface area contributed by atoms with Gasteiger partial charge in [0.25, 0.3) is 0 Å². The standard InChI is InChI=1S/C17H22O2/c1-4-5-10-17(2,18)15-8-6-14-12-16(19-3)9-7-13(14)11-15/h6-9,11-12,18H,4-5,10H2,1-3H3. The quantitative estimate of drug-likeness (QED) is 0.869. The summed E-state index contributed by atoms with van der Waals surface area (Å²) in [5.74, 6) is 0.859. The van der Waals surface area contributed by atoms with E-state index < -0.39 is 5.60 Å². The zero-order chi connectivity index (χ0) is 13.9. The number of hydrogen-bond acceptors (Lipinski definition) is 2. The molecule has 0 amide bonds. The molecule has 2 aromatic rings. The van der Waals surface area contributed by atoms with Crippen LogP contribution in [0.4, 0.5) is 0 Å². The van der Waals surface area contributed by atoms with Crippen LogP contribution in [0, 0.1) is 0 Å². The van der Waals surface area contributed by atoms with Gasteiger partial charge in [-0.15, -0.1) is 0 Å². The number of ether oxygens (including phenoxy) is 1.